The van der Waals surface area contributed by atoms with E-state index in [0.29, 0.717) is 0 Å². The van der Waals surface area contributed by atoms with Crippen LogP contribution in [0.4, 0.5) is 0 Å². The van der Waals surface area contributed by atoms with E-state index in [1.807, 2.05) is 6.92 Å². The van der Waals surface area contributed by atoms with Crippen LogP contribution in [0.15, 0.2) is 17.5 Å². The summed E-state index contributed by atoms with van der Waals surface area (Å²) in [4.78, 5) is 5.57. The molecule has 11 heavy (non-hydrogen) atoms. The quantitative estimate of drug-likeness (QED) is 0.582. The second kappa shape index (κ2) is 2.31. The Bertz CT molecular complexity index is 389. The van der Waals surface area contributed by atoms with Crippen molar-refractivity contribution in [3.05, 3.63) is 28.8 Å². The molecule has 0 N–H and O–H groups in total. The zero-order valence-electron chi connectivity index (χ0n) is 6.59. The molecule has 0 radical (unpaired) electrons. The second-order valence-corrected chi connectivity index (χ2v) is 3.61. The van der Waals surface area contributed by atoms with Crippen molar-refractivity contribution in [2.24, 2.45) is 0 Å². The van der Waals surface area contributed by atoms with Crippen molar-refractivity contribution in [3.8, 4) is 0 Å². The summed E-state index contributed by atoms with van der Waals surface area (Å²) in [5, 5.41) is 3.38. The van der Waals surface area contributed by atoms with Gasteiger partial charge in [0.2, 0.25) is 0 Å². The Morgan fingerprint density at radius 3 is 3.00 bits per heavy atom. The Morgan fingerprint density at radius 1 is 1.36 bits per heavy atom. The molecule has 1 nitrogen and oxygen atoms in total. The zero-order chi connectivity index (χ0) is 7.84. The summed E-state index contributed by atoms with van der Waals surface area (Å²) in [6.07, 6.45) is 0. The van der Waals surface area contributed by atoms with Crippen molar-refractivity contribution < 1.29 is 0 Å². The van der Waals surface area contributed by atoms with Gasteiger partial charge in [0.15, 0.2) is 0 Å². The molecule has 56 valence electrons. The molecular formula is C9H9NS. The molecule has 2 aromatic heterocycles. The molecule has 0 saturated heterocycles. The molecule has 0 aliphatic heterocycles. The van der Waals surface area contributed by atoms with Gasteiger partial charge in [-0.05, 0) is 36.9 Å². The molecule has 2 heteroatoms. The first-order chi connectivity index (χ1) is 5.27. The fourth-order valence-electron chi connectivity index (χ4n) is 1.27. The van der Waals surface area contributed by atoms with Crippen molar-refractivity contribution in [3.63, 3.8) is 0 Å². The third kappa shape index (κ3) is 1.03. The Kier molecular flexibility index (Phi) is 1.43. The summed E-state index contributed by atoms with van der Waals surface area (Å²) in [7, 11) is 0. The minimum absolute atomic E-state index is 1.11. The monoisotopic (exact) mass is 163 g/mol. The lowest BCUT2D eigenvalue weighted by atomic mass is 10.2. The molecule has 0 atom stereocenters. The minimum Gasteiger partial charge on any atom is -0.242 e. The van der Waals surface area contributed by atoms with E-state index in [2.05, 4.69) is 29.4 Å². The van der Waals surface area contributed by atoms with Gasteiger partial charge in [0.05, 0.1) is 0 Å². The van der Waals surface area contributed by atoms with Crippen molar-refractivity contribution in [1.82, 2.24) is 4.98 Å². The lowest BCUT2D eigenvalue weighted by Gasteiger charge is -1.96. The van der Waals surface area contributed by atoms with Gasteiger partial charge in [0.1, 0.15) is 4.83 Å². The molecule has 0 unspecified atom stereocenters. The lowest BCUT2D eigenvalue weighted by Crippen LogP contribution is -1.81. The van der Waals surface area contributed by atoms with E-state index in [9.17, 15) is 0 Å². The highest BCUT2D eigenvalue weighted by Gasteiger charge is 1.99. The van der Waals surface area contributed by atoms with Gasteiger partial charge in [0, 0.05) is 11.1 Å². The number of nitrogens with zero attached hydrogens (tertiary/aromatic N) is 1. The van der Waals surface area contributed by atoms with Gasteiger partial charge >= 0.3 is 0 Å². The smallest absolute Gasteiger partial charge is 0.123 e. The molecule has 0 aromatic carbocycles. The average Bonchev–Trinajstić information content (AvgIpc) is 2.34. The zero-order valence-corrected chi connectivity index (χ0v) is 7.40. The number of hydrogen-bond acceptors (Lipinski definition) is 2. The number of fused-ring (bicyclic) bond motifs is 1. The largest absolute Gasteiger partial charge is 0.242 e. The molecule has 2 heterocycles. The normalized spacial score (nSPS) is 10.7. The maximum atomic E-state index is 4.42. The van der Waals surface area contributed by atoms with Crippen molar-refractivity contribution >= 4 is 21.6 Å². The van der Waals surface area contributed by atoms with Crippen LogP contribution in [0.3, 0.4) is 0 Å². The van der Waals surface area contributed by atoms with E-state index in [1.54, 1.807) is 11.3 Å². The van der Waals surface area contributed by atoms with E-state index >= 15 is 0 Å². The van der Waals surface area contributed by atoms with E-state index in [0.717, 1.165) is 10.5 Å². The van der Waals surface area contributed by atoms with Gasteiger partial charge in [-0.15, -0.1) is 11.3 Å². The molecule has 2 aromatic rings. The third-order valence-electron chi connectivity index (χ3n) is 1.77. The fraction of sp³-hybridized carbons (Fsp3) is 0.222. The molecule has 0 saturated carbocycles. The summed E-state index contributed by atoms with van der Waals surface area (Å²) in [5.74, 6) is 0. The van der Waals surface area contributed by atoms with Crippen LogP contribution in [0, 0.1) is 13.8 Å². The standard InChI is InChI=1S/C9H9NS/c1-6-5-7(2)10-9-8(6)3-4-11-9/h3-5H,1-2H3. The molecule has 0 amide bonds. The summed E-state index contributed by atoms with van der Waals surface area (Å²) < 4.78 is 0. The Hall–Kier alpha value is -0.890. The first kappa shape index (κ1) is 6.80. The summed E-state index contributed by atoms with van der Waals surface area (Å²) in [5.41, 5.74) is 2.44. The highest BCUT2D eigenvalue weighted by Crippen LogP contribution is 2.22. The number of thiophene rings is 1. The fourth-order valence-corrected chi connectivity index (χ4v) is 2.16. The van der Waals surface area contributed by atoms with E-state index < -0.39 is 0 Å². The van der Waals surface area contributed by atoms with Crippen molar-refractivity contribution in [2.75, 3.05) is 0 Å². The average molecular weight is 163 g/mol. The van der Waals surface area contributed by atoms with Gasteiger partial charge in [-0.1, -0.05) is 0 Å². The maximum absolute atomic E-state index is 4.42. The lowest BCUT2D eigenvalue weighted by molar-refractivity contribution is 1.25. The van der Waals surface area contributed by atoms with Crippen LogP contribution >= 0.6 is 11.3 Å². The minimum atomic E-state index is 1.11. The van der Waals surface area contributed by atoms with Crippen LogP contribution in [0.2, 0.25) is 0 Å². The Balaban J connectivity index is 2.91. The van der Waals surface area contributed by atoms with E-state index in [1.165, 1.54) is 10.9 Å². The van der Waals surface area contributed by atoms with Crippen LogP contribution in [0.5, 0.6) is 0 Å². The molecule has 0 aliphatic rings. The maximum Gasteiger partial charge on any atom is 0.123 e. The van der Waals surface area contributed by atoms with Gasteiger partial charge in [0.25, 0.3) is 0 Å². The van der Waals surface area contributed by atoms with E-state index in [-0.39, 0.29) is 0 Å². The van der Waals surface area contributed by atoms with Crippen molar-refractivity contribution in [1.29, 1.82) is 0 Å². The van der Waals surface area contributed by atoms with Gasteiger partial charge in [-0.2, -0.15) is 0 Å². The first-order valence-electron chi connectivity index (χ1n) is 3.59. The number of hydrogen-bond donors (Lipinski definition) is 0. The van der Waals surface area contributed by atoms with Gasteiger partial charge < -0.3 is 0 Å². The van der Waals surface area contributed by atoms with Crippen LogP contribution < -0.4 is 0 Å². The topological polar surface area (TPSA) is 12.9 Å². The molecule has 2 rings (SSSR count). The number of aryl methyl sites for hydroxylation is 2. The number of rotatable bonds is 0. The third-order valence-corrected chi connectivity index (χ3v) is 2.58. The summed E-state index contributed by atoms with van der Waals surface area (Å²) in [6.45, 7) is 4.16. The summed E-state index contributed by atoms with van der Waals surface area (Å²) >= 11 is 1.70. The second-order valence-electron chi connectivity index (χ2n) is 2.72. The van der Waals surface area contributed by atoms with Gasteiger partial charge in [-0.3, -0.25) is 0 Å². The SMILES string of the molecule is Cc1cc(C)c2ccsc2n1. The Morgan fingerprint density at radius 2 is 2.18 bits per heavy atom. The van der Waals surface area contributed by atoms with Crippen LogP contribution in [-0.4, -0.2) is 4.98 Å². The van der Waals surface area contributed by atoms with Gasteiger partial charge in [-0.25, -0.2) is 4.98 Å². The highest BCUT2D eigenvalue weighted by molar-refractivity contribution is 7.16. The van der Waals surface area contributed by atoms with Crippen molar-refractivity contribution in [2.45, 2.75) is 13.8 Å². The van der Waals surface area contributed by atoms with E-state index in [4.69, 9.17) is 0 Å². The predicted octanol–water partition coefficient (Wildman–Crippen LogP) is 2.91. The predicted molar refractivity (Wildman–Crippen MR) is 49.1 cm³/mol. The Labute approximate surface area is 69.7 Å². The molecule has 0 spiro atoms. The molecular weight excluding hydrogens is 154 g/mol. The van der Waals surface area contributed by atoms with Crippen LogP contribution in [0.1, 0.15) is 11.3 Å². The van der Waals surface area contributed by atoms with Crippen LogP contribution in [0.25, 0.3) is 10.2 Å². The molecule has 0 fully saturated rings. The highest BCUT2D eigenvalue weighted by atomic mass is 32.1. The number of aromatic nitrogens is 1. The molecule has 0 bridgehead atoms. The first-order valence-corrected chi connectivity index (χ1v) is 4.47. The molecule has 0 aliphatic carbocycles. The van der Waals surface area contributed by atoms with Crippen LogP contribution in [-0.2, 0) is 0 Å². The summed E-state index contributed by atoms with van der Waals surface area (Å²) in [6, 6.07) is 4.25. The number of pyridine rings is 1.